The van der Waals surface area contributed by atoms with Crippen LogP contribution in [-0.4, -0.2) is 31.1 Å². The molecule has 3 N–H and O–H groups in total. The van der Waals surface area contributed by atoms with Crippen molar-refractivity contribution in [3.63, 3.8) is 0 Å². The normalized spacial score (nSPS) is 11.1. The van der Waals surface area contributed by atoms with Crippen molar-refractivity contribution in [2.24, 2.45) is 5.10 Å². The number of benzene rings is 1. The number of hydrazone groups is 1. The molecule has 0 unspecified atom stereocenters. The molecule has 0 aliphatic carbocycles. The number of hydrogen-bond acceptors (Lipinski definition) is 7. The minimum absolute atomic E-state index is 0.00254. The van der Waals surface area contributed by atoms with Crippen LogP contribution in [0, 0.1) is 10.1 Å². The maximum Gasteiger partial charge on any atom is 0.348 e. The van der Waals surface area contributed by atoms with E-state index in [1.165, 1.54) is 24.7 Å². The van der Waals surface area contributed by atoms with Crippen LogP contribution in [0.25, 0.3) is 11.2 Å². The maximum atomic E-state index is 11.4. The third kappa shape index (κ3) is 2.65. The molecule has 0 radical (unpaired) electrons. The topological polar surface area (TPSA) is 142 Å². The van der Waals surface area contributed by atoms with E-state index in [0.29, 0.717) is 16.9 Å². The lowest BCUT2D eigenvalue weighted by molar-refractivity contribution is -0.384. The Bertz CT molecular complexity index is 910. The molecule has 3 aromatic rings. The van der Waals surface area contributed by atoms with Gasteiger partial charge < -0.3 is 4.98 Å². The molecule has 22 heavy (non-hydrogen) atoms. The van der Waals surface area contributed by atoms with E-state index in [9.17, 15) is 14.9 Å². The molecule has 0 saturated heterocycles. The number of nitro benzene ring substituents is 1. The van der Waals surface area contributed by atoms with Gasteiger partial charge in [-0.05, 0) is 17.7 Å². The zero-order chi connectivity index (χ0) is 15.5. The SMILES string of the molecule is O=c1nc2nc[nH]c2c(N/N=C/c2ccc([N+](=O)[O-])cc2)[nH]1. The number of anilines is 1. The van der Waals surface area contributed by atoms with Gasteiger partial charge in [-0.2, -0.15) is 10.1 Å². The molecule has 2 aromatic heterocycles. The van der Waals surface area contributed by atoms with E-state index in [2.05, 4.69) is 30.5 Å². The van der Waals surface area contributed by atoms with Gasteiger partial charge in [-0.1, -0.05) is 0 Å². The summed E-state index contributed by atoms with van der Waals surface area (Å²) in [5.41, 5.74) is 3.57. The molecule has 10 heteroatoms. The minimum atomic E-state index is -0.548. The summed E-state index contributed by atoms with van der Waals surface area (Å²) in [6, 6.07) is 5.88. The Hall–Kier alpha value is -3.56. The molecule has 0 aliphatic heterocycles. The van der Waals surface area contributed by atoms with E-state index < -0.39 is 10.6 Å². The molecule has 110 valence electrons. The fourth-order valence-electron chi connectivity index (χ4n) is 1.79. The second-order valence-corrected chi connectivity index (χ2v) is 4.24. The number of nitrogens with zero attached hydrogens (tertiary/aromatic N) is 4. The van der Waals surface area contributed by atoms with Gasteiger partial charge in [0, 0.05) is 12.1 Å². The number of aromatic nitrogens is 4. The van der Waals surface area contributed by atoms with Crippen molar-refractivity contribution in [3.05, 3.63) is 56.8 Å². The molecule has 0 saturated carbocycles. The van der Waals surface area contributed by atoms with Gasteiger partial charge in [-0.15, -0.1) is 0 Å². The Labute approximate surface area is 122 Å². The van der Waals surface area contributed by atoms with Crippen LogP contribution in [0.5, 0.6) is 0 Å². The zero-order valence-corrected chi connectivity index (χ0v) is 11.0. The van der Waals surface area contributed by atoms with Crippen molar-refractivity contribution < 1.29 is 4.92 Å². The molecular weight excluding hydrogens is 290 g/mol. The van der Waals surface area contributed by atoms with Gasteiger partial charge in [0.05, 0.1) is 17.5 Å². The standard InChI is InChI=1S/C12H9N7O3/c20-12-16-10-9(13-6-14-10)11(17-12)18-15-5-7-1-3-8(4-2-7)19(21)22/h1-6H,(H3,13,14,16,17,18,20)/b15-5+. The predicted molar refractivity (Wildman–Crippen MR) is 78.8 cm³/mol. The number of fused-ring (bicyclic) bond motifs is 1. The smallest absolute Gasteiger partial charge is 0.340 e. The summed E-state index contributed by atoms with van der Waals surface area (Å²) in [7, 11) is 0. The Morgan fingerprint density at radius 1 is 1.32 bits per heavy atom. The molecular formula is C12H9N7O3. The van der Waals surface area contributed by atoms with Crippen molar-refractivity contribution in [2.75, 3.05) is 5.43 Å². The third-order valence-corrected chi connectivity index (χ3v) is 2.80. The Balaban J connectivity index is 1.80. The average molecular weight is 299 g/mol. The van der Waals surface area contributed by atoms with E-state index in [1.54, 1.807) is 12.1 Å². The van der Waals surface area contributed by atoms with Gasteiger partial charge in [0.1, 0.15) is 5.52 Å². The summed E-state index contributed by atoms with van der Waals surface area (Å²) >= 11 is 0. The highest BCUT2D eigenvalue weighted by Crippen LogP contribution is 2.13. The Kier molecular flexibility index (Phi) is 3.32. The first-order chi connectivity index (χ1) is 10.6. The number of H-pyrrole nitrogens is 2. The minimum Gasteiger partial charge on any atom is -0.340 e. The van der Waals surface area contributed by atoms with Gasteiger partial charge >= 0.3 is 5.69 Å². The summed E-state index contributed by atoms with van der Waals surface area (Å²) in [5, 5.41) is 14.5. The molecule has 2 heterocycles. The van der Waals surface area contributed by atoms with Crippen LogP contribution in [0.4, 0.5) is 11.5 Å². The summed E-state index contributed by atoms with van der Waals surface area (Å²) in [6.07, 6.45) is 2.88. The van der Waals surface area contributed by atoms with Gasteiger partial charge in [0.25, 0.3) is 5.69 Å². The van der Waals surface area contributed by atoms with E-state index in [-0.39, 0.29) is 11.3 Å². The monoisotopic (exact) mass is 299 g/mol. The highest BCUT2D eigenvalue weighted by atomic mass is 16.6. The van der Waals surface area contributed by atoms with Crippen LogP contribution in [0.3, 0.4) is 0 Å². The van der Waals surface area contributed by atoms with Gasteiger partial charge in [0.15, 0.2) is 11.5 Å². The first-order valence-corrected chi connectivity index (χ1v) is 6.10. The molecule has 1 aromatic carbocycles. The van der Waals surface area contributed by atoms with E-state index in [0.717, 1.165) is 0 Å². The molecule has 0 spiro atoms. The molecule has 0 aliphatic rings. The van der Waals surface area contributed by atoms with Gasteiger partial charge in [-0.3, -0.25) is 20.5 Å². The van der Waals surface area contributed by atoms with Gasteiger partial charge in [0.2, 0.25) is 0 Å². The van der Waals surface area contributed by atoms with Crippen molar-refractivity contribution in [2.45, 2.75) is 0 Å². The van der Waals surface area contributed by atoms with Crippen LogP contribution in [0.2, 0.25) is 0 Å². The highest BCUT2D eigenvalue weighted by molar-refractivity contribution is 5.84. The molecule has 0 fully saturated rings. The number of aromatic amines is 2. The number of hydrogen-bond donors (Lipinski definition) is 3. The lowest BCUT2D eigenvalue weighted by Gasteiger charge is -2.00. The lowest BCUT2D eigenvalue weighted by Crippen LogP contribution is -2.12. The summed E-state index contributed by atoms with van der Waals surface area (Å²) in [4.78, 5) is 34.3. The summed E-state index contributed by atoms with van der Waals surface area (Å²) in [6.45, 7) is 0. The predicted octanol–water partition coefficient (Wildman–Crippen LogP) is 1.00. The van der Waals surface area contributed by atoms with Crippen LogP contribution in [-0.2, 0) is 0 Å². The van der Waals surface area contributed by atoms with E-state index in [1.807, 2.05) is 0 Å². The highest BCUT2D eigenvalue weighted by Gasteiger charge is 2.06. The number of nitrogens with one attached hydrogen (secondary N) is 3. The quantitative estimate of drug-likeness (QED) is 0.372. The molecule has 0 amide bonds. The number of rotatable bonds is 4. The average Bonchev–Trinajstić information content (AvgIpc) is 2.96. The fraction of sp³-hybridized carbons (Fsp3) is 0. The molecule has 0 bridgehead atoms. The number of non-ortho nitro benzene ring substituents is 1. The van der Waals surface area contributed by atoms with Gasteiger partial charge in [-0.25, -0.2) is 9.78 Å². The van der Waals surface area contributed by atoms with Crippen LogP contribution in [0.1, 0.15) is 5.56 Å². The first-order valence-electron chi connectivity index (χ1n) is 6.10. The summed E-state index contributed by atoms with van der Waals surface area (Å²) in [5.74, 6) is 0.325. The van der Waals surface area contributed by atoms with Crippen molar-refractivity contribution in [3.8, 4) is 0 Å². The number of nitro groups is 1. The van der Waals surface area contributed by atoms with Crippen molar-refractivity contribution in [1.29, 1.82) is 0 Å². The summed E-state index contributed by atoms with van der Waals surface area (Å²) < 4.78 is 0. The van der Waals surface area contributed by atoms with Crippen LogP contribution >= 0.6 is 0 Å². The van der Waals surface area contributed by atoms with Crippen molar-refractivity contribution >= 4 is 28.9 Å². The number of imidazole rings is 1. The molecule has 0 atom stereocenters. The lowest BCUT2D eigenvalue weighted by atomic mass is 10.2. The van der Waals surface area contributed by atoms with Crippen LogP contribution in [0.15, 0.2) is 40.5 Å². The first kappa shape index (κ1) is 13.4. The fourth-order valence-corrected chi connectivity index (χ4v) is 1.79. The van der Waals surface area contributed by atoms with E-state index >= 15 is 0 Å². The van der Waals surface area contributed by atoms with Crippen molar-refractivity contribution in [1.82, 2.24) is 19.9 Å². The molecule has 10 nitrogen and oxygen atoms in total. The Morgan fingerprint density at radius 3 is 2.82 bits per heavy atom. The largest absolute Gasteiger partial charge is 0.348 e. The van der Waals surface area contributed by atoms with Crippen LogP contribution < -0.4 is 11.1 Å². The Morgan fingerprint density at radius 2 is 2.09 bits per heavy atom. The zero-order valence-electron chi connectivity index (χ0n) is 11.0. The molecule has 3 rings (SSSR count). The maximum absolute atomic E-state index is 11.4. The second kappa shape index (κ2) is 5.44. The second-order valence-electron chi connectivity index (χ2n) is 4.24. The van der Waals surface area contributed by atoms with E-state index in [4.69, 9.17) is 0 Å². The third-order valence-electron chi connectivity index (χ3n) is 2.80.